The molecular weight excluding hydrogens is 296 g/mol. The van der Waals surface area contributed by atoms with Crippen molar-refractivity contribution in [1.82, 2.24) is 0 Å². The van der Waals surface area contributed by atoms with Crippen LogP contribution in [0, 0.1) is 10.1 Å². The monoisotopic (exact) mass is 306 g/mol. The molecule has 1 amide bonds. The van der Waals surface area contributed by atoms with Crippen LogP contribution < -0.4 is 10.1 Å². The van der Waals surface area contributed by atoms with Crippen molar-refractivity contribution in [1.29, 1.82) is 0 Å². The van der Waals surface area contributed by atoms with E-state index in [2.05, 4.69) is 5.32 Å². The molecular formula is C14H11ClN2O4. The van der Waals surface area contributed by atoms with Crippen LogP contribution in [-0.4, -0.2) is 17.9 Å². The molecule has 1 N–H and O–H groups in total. The fraction of sp³-hybridized carbons (Fsp3) is 0.0714. The fourth-order valence-electron chi connectivity index (χ4n) is 1.74. The Balaban J connectivity index is 2.34. The van der Waals surface area contributed by atoms with Crippen LogP contribution in [0.1, 0.15) is 10.4 Å². The standard InChI is InChI=1S/C14H11ClN2O4/c1-21-13-7-6-9(17(19)20)8-12(13)16-14(18)10-4-2-3-5-11(10)15/h2-8H,1H3,(H,16,18). The molecule has 2 rings (SSSR count). The Bertz CT molecular complexity index is 703. The minimum Gasteiger partial charge on any atom is -0.495 e. The summed E-state index contributed by atoms with van der Waals surface area (Å²) in [5, 5.41) is 13.6. The van der Waals surface area contributed by atoms with E-state index in [1.54, 1.807) is 24.3 Å². The minimum atomic E-state index is -0.551. The first-order valence-corrected chi connectivity index (χ1v) is 6.29. The maximum Gasteiger partial charge on any atom is 0.271 e. The van der Waals surface area contributed by atoms with Crippen molar-refractivity contribution in [2.45, 2.75) is 0 Å². The van der Waals surface area contributed by atoms with Gasteiger partial charge < -0.3 is 10.1 Å². The number of nitro benzene ring substituents is 1. The van der Waals surface area contributed by atoms with Crippen LogP contribution in [0.25, 0.3) is 0 Å². The average molecular weight is 307 g/mol. The predicted octanol–water partition coefficient (Wildman–Crippen LogP) is 3.51. The molecule has 0 bridgehead atoms. The number of nitro groups is 1. The van der Waals surface area contributed by atoms with E-state index in [-0.39, 0.29) is 16.9 Å². The van der Waals surface area contributed by atoms with Crippen LogP contribution in [0.3, 0.4) is 0 Å². The third-order valence-corrected chi connectivity index (χ3v) is 3.09. The SMILES string of the molecule is COc1ccc([N+](=O)[O-])cc1NC(=O)c1ccccc1Cl. The smallest absolute Gasteiger partial charge is 0.271 e. The van der Waals surface area contributed by atoms with Gasteiger partial charge in [-0.15, -0.1) is 0 Å². The second-order valence-corrected chi connectivity index (χ2v) is 4.48. The second kappa shape index (κ2) is 6.23. The topological polar surface area (TPSA) is 81.5 Å². The molecule has 0 atom stereocenters. The van der Waals surface area contributed by atoms with Gasteiger partial charge in [0, 0.05) is 12.1 Å². The highest BCUT2D eigenvalue weighted by Gasteiger charge is 2.16. The quantitative estimate of drug-likeness (QED) is 0.692. The van der Waals surface area contributed by atoms with Crippen LogP contribution in [0.2, 0.25) is 5.02 Å². The van der Waals surface area contributed by atoms with E-state index in [4.69, 9.17) is 16.3 Å². The van der Waals surface area contributed by atoms with E-state index in [0.29, 0.717) is 10.8 Å². The van der Waals surface area contributed by atoms with Gasteiger partial charge >= 0.3 is 0 Å². The van der Waals surface area contributed by atoms with Crippen LogP contribution in [0.4, 0.5) is 11.4 Å². The summed E-state index contributed by atoms with van der Waals surface area (Å²) in [7, 11) is 1.41. The lowest BCUT2D eigenvalue weighted by atomic mass is 10.2. The van der Waals surface area contributed by atoms with Crippen LogP contribution in [0.15, 0.2) is 42.5 Å². The van der Waals surface area contributed by atoms with Gasteiger partial charge in [-0.05, 0) is 18.2 Å². The first kappa shape index (κ1) is 14.8. The van der Waals surface area contributed by atoms with Crippen LogP contribution in [0.5, 0.6) is 5.75 Å². The number of nitrogens with zero attached hydrogens (tertiary/aromatic N) is 1. The molecule has 7 heteroatoms. The Morgan fingerprint density at radius 1 is 1.29 bits per heavy atom. The number of hydrogen-bond acceptors (Lipinski definition) is 4. The number of carbonyl (C=O) groups is 1. The zero-order valence-corrected chi connectivity index (χ0v) is 11.8. The summed E-state index contributed by atoms with van der Waals surface area (Å²) >= 11 is 5.94. The summed E-state index contributed by atoms with van der Waals surface area (Å²) in [4.78, 5) is 22.4. The van der Waals surface area contributed by atoms with Crippen molar-refractivity contribution in [2.75, 3.05) is 12.4 Å². The Labute approximate surface area is 125 Å². The zero-order valence-electron chi connectivity index (χ0n) is 11.0. The van der Waals surface area contributed by atoms with Crippen molar-refractivity contribution < 1.29 is 14.5 Å². The third kappa shape index (κ3) is 3.29. The van der Waals surface area contributed by atoms with E-state index in [1.807, 2.05) is 0 Å². The summed E-state index contributed by atoms with van der Waals surface area (Å²) in [5.74, 6) is -0.152. The molecule has 0 unspecified atom stereocenters. The van der Waals surface area contributed by atoms with Gasteiger partial charge in [0.05, 0.1) is 28.3 Å². The molecule has 0 aromatic heterocycles. The number of carbonyl (C=O) groups excluding carboxylic acids is 1. The number of hydrogen-bond donors (Lipinski definition) is 1. The number of amides is 1. The third-order valence-electron chi connectivity index (χ3n) is 2.76. The van der Waals surface area contributed by atoms with Gasteiger partial charge in [0.1, 0.15) is 5.75 Å². The molecule has 0 radical (unpaired) electrons. The molecule has 0 spiro atoms. The summed E-state index contributed by atoms with van der Waals surface area (Å²) in [6, 6.07) is 10.5. The van der Waals surface area contributed by atoms with Crippen molar-refractivity contribution in [2.24, 2.45) is 0 Å². The first-order chi connectivity index (χ1) is 10.0. The number of benzene rings is 2. The van der Waals surface area contributed by atoms with E-state index in [0.717, 1.165) is 0 Å². The largest absolute Gasteiger partial charge is 0.495 e. The lowest BCUT2D eigenvalue weighted by Crippen LogP contribution is -2.13. The summed E-state index contributed by atoms with van der Waals surface area (Å²) in [6.07, 6.45) is 0. The van der Waals surface area contributed by atoms with Gasteiger partial charge in [0.25, 0.3) is 11.6 Å². The van der Waals surface area contributed by atoms with Gasteiger partial charge in [-0.25, -0.2) is 0 Å². The Morgan fingerprint density at radius 3 is 2.62 bits per heavy atom. The van der Waals surface area contributed by atoms with Crippen LogP contribution in [-0.2, 0) is 0 Å². The second-order valence-electron chi connectivity index (χ2n) is 4.08. The summed E-state index contributed by atoms with van der Waals surface area (Å²) in [6.45, 7) is 0. The van der Waals surface area contributed by atoms with Gasteiger partial charge in [-0.1, -0.05) is 23.7 Å². The van der Waals surface area contributed by atoms with Crippen molar-refractivity contribution in [3.63, 3.8) is 0 Å². The average Bonchev–Trinajstić information content (AvgIpc) is 2.47. The molecule has 108 valence electrons. The van der Waals surface area contributed by atoms with E-state index in [9.17, 15) is 14.9 Å². The normalized spacial score (nSPS) is 10.0. The van der Waals surface area contributed by atoms with E-state index < -0.39 is 10.8 Å². The Kier molecular flexibility index (Phi) is 4.39. The molecule has 0 aliphatic carbocycles. The molecule has 0 aliphatic rings. The van der Waals surface area contributed by atoms with E-state index in [1.165, 1.54) is 25.3 Å². The van der Waals surface area contributed by atoms with Crippen molar-refractivity contribution >= 4 is 28.9 Å². The highest BCUT2D eigenvalue weighted by Crippen LogP contribution is 2.29. The number of halogens is 1. The molecule has 0 saturated heterocycles. The number of ether oxygens (including phenoxy) is 1. The van der Waals surface area contributed by atoms with Gasteiger partial charge in [0.15, 0.2) is 0 Å². The molecule has 0 saturated carbocycles. The van der Waals surface area contributed by atoms with E-state index >= 15 is 0 Å². The molecule has 21 heavy (non-hydrogen) atoms. The Morgan fingerprint density at radius 2 is 2.00 bits per heavy atom. The highest BCUT2D eigenvalue weighted by molar-refractivity contribution is 6.34. The molecule has 6 nitrogen and oxygen atoms in total. The lowest BCUT2D eigenvalue weighted by molar-refractivity contribution is -0.384. The molecule has 2 aromatic carbocycles. The number of anilines is 1. The first-order valence-electron chi connectivity index (χ1n) is 5.91. The number of non-ortho nitro benzene ring substituents is 1. The zero-order chi connectivity index (χ0) is 15.4. The van der Waals surface area contributed by atoms with Crippen LogP contribution >= 0.6 is 11.6 Å². The van der Waals surface area contributed by atoms with Crippen molar-refractivity contribution in [3.8, 4) is 5.75 Å². The number of nitrogens with one attached hydrogen (secondary N) is 1. The predicted molar refractivity (Wildman–Crippen MR) is 79.1 cm³/mol. The highest BCUT2D eigenvalue weighted by atomic mass is 35.5. The van der Waals surface area contributed by atoms with Gasteiger partial charge in [0.2, 0.25) is 0 Å². The fourth-order valence-corrected chi connectivity index (χ4v) is 1.96. The van der Waals surface area contributed by atoms with Crippen molar-refractivity contribution in [3.05, 3.63) is 63.2 Å². The summed E-state index contributed by atoms with van der Waals surface area (Å²) in [5.41, 5.74) is 0.328. The summed E-state index contributed by atoms with van der Waals surface area (Å²) < 4.78 is 5.08. The Hall–Kier alpha value is -2.60. The van der Waals surface area contributed by atoms with Gasteiger partial charge in [-0.3, -0.25) is 14.9 Å². The lowest BCUT2D eigenvalue weighted by Gasteiger charge is -2.10. The molecule has 0 fully saturated rings. The van der Waals surface area contributed by atoms with Gasteiger partial charge in [-0.2, -0.15) is 0 Å². The number of rotatable bonds is 4. The minimum absolute atomic E-state index is 0.148. The maximum absolute atomic E-state index is 12.2. The molecule has 2 aromatic rings. The molecule has 0 aliphatic heterocycles. The number of methoxy groups -OCH3 is 1. The maximum atomic E-state index is 12.2. The molecule has 0 heterocycles.